The third-order valence-electron chi connectivity index (χ3n) is 3.06. The minimum atomic E-state index is 0.663. The van der Waals surface area contributed by atoms with Crippen LogP contribution in [0.4, 0.5) is 0 Å². The highest BCUT2D eigenvalue weighted by atomic mass is 14.3. The minimum absolute atomic E-state index is 0.663. The van der Waals surface area contributed by atoms with E-state index in [1.54, 1.807) is 0 Å². The van der Waals surface area contributed by atoms with E-state index in [4.69, 9.17) is 0 Å². The third kappa shape index (κ3) is 1.22. The second kappa shape index (κ2) is 3.45. The van der Waals surface area contributed by atoms with Crippen LogP contribution in [0.15, 0.2) is 30.9 Å². The summed E-state index contributed by atoms with van der Waals surface area (Å²) >= 11 is 0. The van der Waals surface area contributed by atoms with Crippen molar-refractivity contribution < 1.29 is 0 Å². The van der Waals surface area contributed by atoms with Gasteiger partial charge in [0, 0.05) is 0 Å². The van der Waals surface area contributed by atoms with Crippen LogP contribution in [0.2, 0.25) is 0 Å². The number of rotatable bonds is 1. The van der Waals surface area contributed by atoms with Crippen LogP contribution in [0.25, 0.3) is 11.6 Å². The molecule has 0 nitrogen and oxygen atoms in total. The highest BCUT2D eigenvalue weighted by Crippen LogP contribution is 2.39. The van der Waals surface area contributed by atoms with Crippen molar-refractivity contribution in [3.8, 4) is 0 Å². The van der Waals surface area contributed by atoms with Crippen LogP contribution in [-0.2, 0) is 6.42 Å². The van der Waals surface area contributed by atoms with E-state index in [0.717, 1.165) is 0 Å². The van der Waals surface area contributed by atoms with E-state index in [2.05, 4.69) is 44.7 Å². The summed E-state index contributed by atoms with van der Waals surface area (Å²) in [4.78, 5) is 0. The maximum absolute atomic E-state index is 3.87. The molecule has 2 rings (SSSR count). The van der Waals surface area contributed by atoms with Crippen LogP contribution in [-0.4, -0.2) is 0 Å². The molecular weight excluding hydrogens is 168 g/mol. The molecule has 0 radical (unpaired) electrons. The molecular formula is C14H16. The molecule has 1 aliphatic carbocycles. The molecule has 14 heavy (non-hydrogen) atoms. The van der Waals surface area contributed by atoms with Gasteiger partial charge < -0.3 is 0 Å². The lowest BCUT2D eigenvalue weighted by molar-refractivity contribution is 0.780. The molecule has 1 atom stereocenters. The third-order valence-corrected chi connectivity index (χ3v) is 3.06. The molecule has 1 unspecified atom stereocenters. The fourth-order valence-electron chi connectivity index (χ4n) is 2.43. The van der Waals surface area contributed by atoms with Gasteiger partial charge >= 0.3 is 0 Å². The van der Waals surface area contributed by atoms with Crippen molar-refractivity contribution in [1.82, 2.24) is 0 Å². The molecule has 0 fully saturated rings. The second-order valence-electron chi connectivity index (χ2n) is 3.93. The standard InChI is InChI=1S/C14H16/c1-4-11-7-6-8-12-9-10(3)13(5-2)14(11)12/h4-8,10H,1,9H2,2-3H3/b13-5-. The van der Waals surface area contributed by atoms with E-state index >= 15 is 0 Å². The predicted octanol–water partition coefficient (Wildman–Crippen LogP) is 3.93. The molecule has 0 saturated heterocycles. The van der Waals surface area contributed by atoms with Gasteiger partial charge in [-0.2, -0.15) is 0 Å². The van der Waals surface area contributed by atoms with Crippen molar-refractivity contribution in [3.05, 3.63) is 47.5 Å². The zero-order valence-electron chi connectivity index (χ0n) is 8.88. The molecule has 0 aliphatic heterocycles. The van der Waals surface area contributed by atoms with Gasteiger partial charge in [0.1, 0.15) is 0 Å². The van der Waals surface area contributed by atoms with Crippen LogP contribution in [0.5, 0.6) is 0 Å². The number of allylic oxidation sites excluding steroid dienone is 2. The van der Waals surface area contributed by atoms with Crippen molar-refractivity contribution in [2.45, 2.75) is 20.3 Å². The quantitative estimate of drug-likeness (QED) is 0.620. The Morgan fingerprint density at radius 3 is 2.86 bits per heavy atom. The topological polar surface area (TPSA) is 0 Å². The molecule has 0 bridgehead atoms. The fourth-order valence-corrected chi connectivity index (χ4v) is 2.43. The molecule has 1 aromatic rings. The summed E-state index contributed by atoms with van der Waals surface area (Å²) in [6.45, 7) is 8.29. The number of fused-ring (bicyclic) bond motifs is 1. The molecule has 1 aliphatic rings. The van der Waals surface area contributed by atoms with Gasteiger partial charge in [-0.3, -0.25) is 0 Å². The number of hydrogen-bond acceptors (Lipinski definition) is 0. The second-order valence-corrected chi connectivity index (χ2v) is 3.93. The van der Waals surface area contributed by atoms with Gasteiger partial charge in [0.15, 0.2) is 0 Å². The van der Waals surface area contributed by atoms with Crippen LogP contribution in [0.1, 0.15) is 30.5 Å². The monoisotopic (exact) mass is 184 g/mol. The van der Waals surface area contributed by atoms with Crippen molar-refractivity contribution in [2.24, 2.45) is 5.92 Å². The normalized spacial score (nSPS) is 22.4. The van der Waals surface area contributed by atoms with E-state index in [1.807, 2.05) is 6.08 Å². The fraction of sp³-hybridized carbons (Fsp3) is 0.286. The van der Waals surface area contributed by atoms with Gasteiger partial charge in [-0.1, -0.05) is 43.9 Å². The molecule has 0 spiro atoms. The summed E-state index contributed by atoms with van der Waals surface area (Å²) in [5, 5.41) is 0. The number of hydrogen-bond donors (Lipinski definition) is 0. The van der Waals surface area contributed by atoms with E-state index in [0.29, 0.717) is 5.92 Å². The zero-order chi connectivity index (χ0) is 10.1. The number of benzene rings is 1. The smallest absolute Gasteiger partial charge is 0.0120 e. The molecule has 0 saturated carbocycles. The van der Waals surface area contributed by atoms with Gasteiger partial charge in [0.2, 0.25) is 0 Å². The average molecular weight is 184 g/mol. The first-order valence-corrected chi connectivity index (χ1v) is 5.18. The van der Waals surface area contributed by atoms with Crippen molar-refractivity contribution >= 4 is 11.6 Å². The zero-order valence-corrected chi connectivity index (χ0v) is 8.88. The van der Waals surface area contributed by atoms with E-state index in [1.165, 1.54) is 28.7 Å². The first kappa shape index (κ1) is 9.26. The molecule has 0 heterocycles. The van der Waals surface area contributed by atoms with Gasteiger partial charge in [0.05, 0.1) is 0 Å². The molecule has 0 aromatic heterocycles. The van der Waals surface area contributed by atoms with Gasteiger partial charge in [0.25, 0.3) is 0 Å². The average Bonchev–Trinajstić information content (AvgIpc) is 2.52. The van der Waals surface area contributed by atoms with Crippen molar-refractivity contribution in [1.29, 1.82) is 0 Å². The van der Waals surface area contributed by atoms with Crippen LogP contribution >= 0.6 is 0 Å². The summed E-state index contributed by atoms with van der Waals surface area (Å²) in [5.74, 6) is 0.663. The molecule has 1 aromatic carbocycles. The summed E-state index contributed by atoms with van der Waals surface area (Å²) in [7, 11) is 0. The molecule has 0 amide bonds. The van der Waals surface area contributed by atoms with Gasteiger partial charge in [-0.05, 0) is 41.5 Å². The maximum Gasteiger partial charge on any atom is -0.0120 e. The Labute approximate surface area is 86.0 Å². The summed E-state index contributed by atoms with van der Waals surface area (Å²) in [5.41, 5.74) is 5.66. The molecule has 0 heteroatoms. The Kier molecular flexibility index (Phi) is 2.28. The Morgan fingerprint density at radius 2 is 2.21 bits per heavy atom. The first-order chi connectivity index (χ1) is 6.77. The van der Waals surface area contributed by atoms with Gasteiger partial charge in [-0.15, -0.1) is 0 Å². The Bertz CT molecular complexity index is 396. The SMILES string of the molecule is C=Cc1cccc2c1/C(=C\C)C(C)C2. The predicted molar refractivity (Wildman–Crippen MR) is 63.1 cm³/mol. The largest absolute Gasteiger partial charge is 0.0984 e. The van der Waals surface area contributed by atoms with Crippen LogP contribution in [0.3, 0.4) is 0 Å². The first-order valence-electron chi connectivity index (χ1n) is 5.18. The Morgan fingerprint density at radius 1 is 1.43 bits per heavy atom. The van der Waals surface area contributed by atoms with Crippen molar-refractivity contribution in [2.75, 3.05) is 0 Å². The summed E-state index contributed by atoms with van der Waals surface area (Å²) < 4.78 is 0. The molecule has 72 valence electrons. The highest BCUT2D eigenvalue weighted by Gasteiger charge is 2.23. The van der Waals surface area contributed by atoms with Crippen LogP contribution < -0.4 is 0 Å². The van der Waals surface area contributed by atoms with Crippen molar-refractivity contribution in [3.63, 3.8) is 0 Å². The maximum atomic E-state index is 3.87. The molecule has 0 N–H and O–H groups in total. The lowest BCUT2D eigenvalue weighted by Gasteiger charge is -2.07. The highest BCUT2D eigenvalue weighted by molar-refractivity contribution is 5.80. The Balaban J connectivity index is 2.66. The van der Waals surface area contributed by atoms with E-state index in [-0.39, 0.29) is 0 Å². The minimum Gasteiger partial charge on any atom is -0.0984 e. The summed E-state index contributed by atoms with van der Waals surface area (Å²) in [6, 6.07) is 6.50. The van der Waals surface area contributed by atoms with E-state index in [9.17, 15) is 0 Å². The van der Waals surface area contributed by atoms with Crippen LogP contribution in [0, 0.1) is 5.92 Å². The lowest BCUT2D eigenvalue weighted by Crippen LogP contribution is -1.90. The summed E-state index contributed by atoms with van der Waals surface area (Å²) in [6.07, 6.45) is 5.38. The van der Waals surface area contributed by atoms with E-state index < -0.39 is 0 Å². The van der Waals surface area contributed by atoms with Gasteiger partial charge in [-0.25, -0.2) is 0 Å². The lowest BCUT2D eigenvalue weighted by atomic mass is 9.97. The Hall–Kier alpha value is -1.30.